The largest absolute Gasteiger partial charge is 0.314 e. The molecule has 0 aliphatic heterocycles. The predicted molar refractivity (Wildman–Crippen MR) is 86.4 cm³/mol. The summed E-state index contributed by atoms with van der Waals surface area (Å²) in [7, 11) is 0. The van der Waals surface area contributed by atoms with E-state index < -0.39 is 0 Å². The van der Waals surface area contributed by atoms with E-state index in [1.165, 1.54) is 24.8 Å². The molecule has 1 fully saturated rings. The highest BCUT2D eigenvalue weighted by molar-refractivity contribution is 9.10. The van der Waals surface area contributed by atoms with E-state index in [1.54, 1.807) is 12.1 Å². The van der Waals surface area contributed by atoms with Crippen molar-refractivity contribution < 1.29 is 4.39 Å². The van der Waals surface area contributed by atoms with Crippen LogP contribution in [0, 0.1) is 17.2 Å². The van der Waals surface area contributed by atoms with Gasteiger partial charge in [-0.3, -0.25) is 0 Å². The molecule has 1 nitrogen and oxygen atoms in total. The summed E-state index contributed by atoms with van der Waals surface area (Å²) in [5.41, 5.74) is 1.60. The maximum atomic E-state index is 13.2. The minimum Gasteiger partial charge on any atom is -0.314 e. The minimum absolute atomic E-state index is 0.179. The van der Waals surface area contributed by atoms with Crippen molar-refractivity contribution in [2.24, 2.45) is 11.3 Å². The average molecular weight is 342 g/mol. The molecule has 0 amide bonds. The highest BCUT2D eigenvalue weighted by Gasteiger charge is 2.39. The fraction of sp³-hybridized carbons (Fsp3) is 0.647. The summed E-state index contributed by atoms with van der Waals surface area (Å²) in [6, 6.07) is 5.51. The first-order valence-electron chi connectivity index (χ1n) is 7.61. The van der Waals surface area contributed by atoms with Crippen molar-refractivity contribution in [3.63, 3.8) is 0 Å². The van der Waals surface area contributed by atoms with Crippen LogP contribution < -0.4 is 5.32 Å². The van der Waals surface area contributed by atoms with Gasteiger partial charge in [0.2, 0.25) is 0 Å². The summed E-state index contributed by atoms with van der Waals surface area (Å²) < 4.78 is 14.1. The third kappa shape index (κ3) is 3.62. The number of halogens is 2. The molecule has 0 radical (unpaired) electrons. The lowest BCUT2D eigenvalue weighted by atomic mass is 9.76. The molecule has 20 heavy (non-hydrogen) atoms. The van der Waals surface area contributed by atoms with Gasteiger partial charge in [-0.1, -0.05) is 49.2 Å². The maximum absolute atomic E-state index is 13.2. The Bertz CT molecular complexity index is 458. The summed E-state index contributed by atoms with van der Waals surface area (Å²) in [5.74, 6) is 0.515. The molecule has 2 unspecified atom stereocenters. The van der Waals surface area contributed by atoms with Crippen LogP contribution in [-0.2, 0) is 6.42 Å². The lowest BCUT2D eigenvalue weighted by molar-refractivity contribution is 0.197. The van der Waals surface area contributed by atoms with Gasteiger partial charge in [-0.25, -0.2) is 4.39 Å². The first-order chi connectivity index (χ1) is 9.44. The van der Waals surface area contributed by atoms with E-state index in [0.717, 1.165) is 17.4 Å². The van der Waals surface area contributed by atoms with Crippen LogP contribution in [0.4, 0.5) is 4.39 Å². The molecule has 3 heteroatoms. The van der Waals surface area contributed by atoms with Crippen molar-refractivity contribution in [2.75, 3.05) is 6.54 Å². The molecule has 0 saturated heterocycles. The molecule has 1 aliphatic rings. The minimum atomic E-state index is -0.179. The SMILES string of the molecule is CCNC(Cc1ccc(F)cc1Br)C1CCCC1(C)C. The topological polar surface area (TPSA) is 12.0 Å². The Labute approximate surface area is 130 Å². The lowest BCUT2D eigenvalue weighted by Gasteiger charge is -2.35. The molecule has 0 bridgehead atoms. The van der Waals surface area contributed by atoms with Crippen LogP contribution in [0.1, 0.15) is 45.6 Å². The van der Waals surface area contributed by atoms with Gasteiger partial charge in [0.05, 0.1) is 0 Å². The van der Waals surface area contributed by atoms with Gasteiger partial charge < -0.3 is 5.32 Å². The Morgan fingerprint density at radius 3 is 2.75 bits per heavy atom. The molecule has 0 spiro atoms. The second-order valence-corrected chi connectivity index (χ2v) is 7.45. The van der Waals surface area contributed by atoms with E-state index in [2.05, 4.69) is 42.0 Å². The van der Waals surface area contributed by atoms with Gasteiger partial charge in [0, 0.05) is 10.5 Å². The number of hydrogen-bond donors (Lipinski definition) is 1. The fourth-order valence-corrected chi connectivity index (χ4v) is 4.16. The van der Waals surface area contributed by atoms with Gasteiger partial charge in [-0.2, -0.15) is 0 Å². The van der Waals surface area contributed by atoms with E-state index in [-0.39, 0.29) is 5.82 Å². The van der Waals surface area contributed by atoms with Gasteiger partial charge in [-0.15, -0.1) is 0 Å². The van der Waals surface area contributed by atoms with Crippen LogP contribution in [0.5, 0.6) is 0 Å². The normalized spacial score (nSPS) is 22.9. The number of benzene rings is 1. The molecular formula is C17H25BrFN. The number of likely N-dealkylation sites (N-methyl/N-ethyl adjacent to an activating group) is 1. The molecule has 1 aliphatic carbocycles. The Morgan fingerprint density at radius 2 is 2.20 bits per heavy atom. The van der Waals surface area contributed by atoms with Crippen molar-refractivity contribution in [3.05, 3.63) is 34.1 Å². The van der Waals surface area contributed by atoms with Crippen molar-refractivity contribution in [2.45, 2.75) is 52.5 Å². The van der Waals surface area contributed by atoms with Crippen LogP contribution in [0.25, 0.3) is 0 Å². The number of nitrogens with one attached hydrogen (secondary N) is 1. The van der Waals surface area contributed by atoms with Crippen LogP contribution >= 0.6 is 15.9 Å². The van der Waals surface area contributed by atoms with Gasteiger partial charge in [0.15, 0.2) is 0 Å². The second kappa shape index (κ2) is 6.57. The van der Waals surface area contributed by atoms with Gasteiger partial charge in [0.25, 0.3) is 0 Å². The van der Waals surface area contributed by atoms with Gasteiger partial charge in [0.1, 0.15) is 5.82 Å². The monoisotopic (exact) mass is 341 g/mol. The summed E-state index contributed by atoms with van der Waals surface area (Å²) in [6.07, 6.45) is 4.89. The molecule has 1 aromatic carbocycles. The molecule has 1 N–H and O–H groups in total. The molecule has 2 atom stereocenters. The van der Waals surface area contributed by atoms with Gasteiger partial charge >= 0.3 is 0 Å². The van der Waals surface area contributed by atoms with Crippen LogP contribution in [-0.4, -0.2) is 12.6 Å². The van der Waals surface area contributed by atoms with E-state index in [0.29, 0.717) is 17.4 Å². The zero-order valence-corrected chi connectivity index (χ0v) is 14.3. The van der Waals surface area contributed by atoms with E-state index in [4.69, 9.17) is 0 Å². The van der Waals surface area contributed by atoms with Gasteiger partial charge in [-0.05, 0) is 54.8 Å². The lowest BCUT2D eigenvalue weighted by Crippen LogP contribution is -2.42. The number of rotatable bonds is 5. The fourth-order valence-electron chi connectivity index (χ4n) is 3.64. The molecule has 0 heterocycles. The molecule has 2 rings (SSSR count). The third-order valence-corrected chi connectivity index (χ3v) is 5.49. The van der Waals surface area contributed by atoms with E-state index in [1.807, 2.05) is 6.07 Å². The van der Waals surface area contributed by atoms with Crippen molar-refractivity contribution >= 4 is 15.9 Å². The summed E-state index contributed by atoms with van der Waals surface area (Å²) >= 11 is 3.50. The Balaban J connectivity index is 2.17. The molecule has 0 aromatic heterocycles. The highest BCUT2D eigenvalue weighted by Crippen LogP contribution is 2.45. The quantitative estimate of drug-likeness (QED) is 0.800. The predicted octanol–water partition coefficient (Wildman–Crippen LogP) is 4.94. The van der Waals surface area contributed by atoms with Crippen molar-refractivity contribution in [3.8, 4) is 0 Å². The Hall–Kier alpha value is -0.410. The van der Waals surface area contributed by atoms with E-state index >= 15 is 0 Å². The molecular weight excluding hydrogens is 317 g/mol. The molecule has 1 aromatic rings. The highest BCUT2D eigenvalue weighted by atomic mass is 79.9. The van der Waals surface area contributed by atoms with Crippen LogP contribution in [0.2, 0.25) is 0 Å². The Kier molecular flexibility index (Phi) is 5.25. The first-order valence-corrected chi connectivity index (χ1v) is 8.40. The molecule has 1 saturated carbocycles. The first kappa shape index (κ1) is 16.0. The van der Waals surface area contributed by atoms with Crippen LogP contribution in [0.15, 0.2) is 22.7 Å². The smallest absolute Gasteiger partial charge is 0.124 e. The van der Waals surface area contributed by atoms with E-state index in [9.17, 15) is 4.39 Å². The summed E-state index contributed by atoms with van der Waals surface area (Å²) in [5, 5.41) is 3.66. The zero-order chi connectivity index (χ0) is 14.8. The third-order valence-electron chi connectivity index (χ3n) is 4.75. The zero-order valence-electron chi connectivity index (χ0n) is 12.7. The van der Waals surface area contributed by atoms with Crippen LogP contribution in [0.3, 0.4) is 0 Å². The van der Waals surface area contributed by atoms with Crippen molar-refractivity contribution in [1.29, 1.82) is 0 Å². The standard InChI is InChI=1S/C17H25BrFN/c1-4-20-16(14-6-5-9-17(14,2)3)10-12-7-8-13(19)11-15(12)18/h7-8,11,14,16,20H,4-6,9-10H2,1-3H3. The number of hydrogen-bond acceptors (Lipinski definition) is 1. The second-order valence-electron chi connectivity index (χ2n) is 6.59. The Morgan fingerprint density at radius 1 is 1.45 bits per heavy atom. The summed E-state index contributed by atoms with van der Waals surface area (Å²) in [6.45, 7) is 7.91. The average Bonchev–Trinajstić information content (AvgIpc) is 2.71. The maximum Gasteiger partial charge on any atom is 0.124 e. The summed E-state index contributed by atoms with van der Waals surface area (Å²) in [4.78, 5) is 0. The van der Waals surface area contributed by atoms with Crippen molar-refractivity contribution in [1.82, 2.24) is 5.32 Å². The molecule has 112 valence electrons.